The molecule has 31 heavy (non-hydrogen) atoms. The van der Waals surface area contributed by atoms with Crippen molar-refractivity contribution in [2.24, 2.45) is 0 Å². The van der Waals surface area contributed by atoms with Crippen LogP contribution in [0.2, 0.25) is 5.02 Å². The smallest absolute Gasteiger partial charge is 0.251 e. The van der Waals surface area contributed by atoms with Gasteiger partial charge in [0.1, 0.15) is 5.69 Å². The molecule has 0 spiro atoms. The fourth-order valence-corrected chi connectivity index (χ4v) is 4.50. The molecular formula is C24H21ClN4OS. The van der Waals surface area contributed by atoms with E-state index in [2.05, 4.69) is 16.2 Å². The second-order valence-corrected chi connectivity index (χ2v) is 9.12. The Morgan fingerprint density at radius 1 is 1.16 bits per heavy atom. The van der Waals surface area contributed by atoms with Crippen molar-refractivity contribution in [3.8, 4) is 11.4 Å². The second-order valence-electron chi connectivity index (χ2n) is 7.57. The van der Waals surface area contributed by atoms with Gasteiger partial charge in [0.2, 0.25) is 0 Å². The van der Waals surface area contributed by atoms with E-state index >= 15 is 0 Å². The highest BCUT2D eigenvalue weighted by Gasteiger charge is 2.26. The monoisotopic (exact) mass is 448 g/mol. The zero-order chi connectivity index (χ0) is 21.4. The lowest BCUT2D eigenvalue weighted by Gasteiger charge is -2.06. The van der Waals surface area contributed by atoms with Gasteiger partial charge in [-0.1, -0.05) is 29.4 Å². The van der Waals surface area contributed by atoms with Crippen molar-refractivity contribution >= 4 is 40.2 Å². The molecule has 5 rings (SSSR count). The maximum absolute atomic E-state index is 12.1. The van der Waals surface area contributed by atoms with Crippen LogP contribution in [0.5, 0.6) is 0 Å². The van der Waals surface area contributed by atoms with Crippen LogP contribution in [0.1, 0.15) is 36.2 Å². The number of aromatic nitrogens is 3. The van der Waals surface area contributed by atoms with E-state index in [0.29, 0.717) is 18.2 Å². The number of carbonyl (C=O) groups excluding carboxylic acids is 1. The molecule has 0 saturated heterocycles. The number of benzene rings is 2. The fraction of sp³-hybridized carbons (Fsp3) is 0.208. The van der Waals surface area contributed by atoms with Crippen LogP contribution in [-0.2, 0) is 0 Å². The highest BCUT2D eigenvalue weighted by atomic mass is 35.5. The topological polar surface area (TPSA) is 59.8 Å². The molecule has 1 saturated carbocycles. The van der Waals surface area contributed by atoms with E-state index in [1.54, 1.807) is 11.8 Å². The summed E-state index contributed by atoms with van der Waals surface area (Å²) < 4.78 is 2.07. The first-order valence-electron chi connectivity index (χ1n) is 10.3. The van der Waals surface area contributed by atoms with Crippen molar-refractivity contribution in [3.05, 3.63) is 71.4 Å². The highest BCUT2D eigenvalue weighted by Crippen LogP contribution is 2.40. The standard InChI is InChI=1S/C24H21ClN4OS/c1-2-26-24(30)16-4-11-20-15(13-16)3-12-21(27-20)23-22(14-29(28-23)18-7-8-18)31-19-9-5-17(25)6-10-19/h3-6,9-14,18H,2,7-8H2,1H3,(H,26,30). The van der Waals surface area contributed by atoms with Crippen molar-refractivity contribution in [1.29, 1.82) is 0 Å². The van der Waals surface area contributed by atoms with Gasteiger partial charge in [-0.15, -0.1) is 0 Å². The number of nitrogens with one attached hydrogen (secondary N) is 1. The molecule has 1 aliphatic carbocycles. The number of pyridine rings is 1. The lowest BCUT2D eigenvalue weighted by Crippen LogP contribution is -2.22. The molecule has 4 aromatic rings. The minimum Gasteiger partial charge on any atom is -0.352 e. The molecule has 2 heterocycles. The number of halogens is 1. The maximum Gasteiger partial charge on any atom is 0.251 e. The van der Waals surface area contributed by atoms with Crippen LogP contribution in [0.4, 0.5) is 0 Å². The van der Waals surface area contributed by atoms with Crippen LogP contribution < -0.4 is 5.32 Å². The van der Waals surface area contributed by atoms with Gasteiger partial charge in [-0.3, -0.25) is 9.48 Å². The SMILES string of the molecule is CCNC(=O)c1ccc2nc(-c3nn(C4CC4)cc3Sc3ccc(Cl)cc3)ccc2c1. The molecule has 1 aliphatic rings. The minimum atomic E-state index is -0.0710. The minimum absolute atomic E-state index is 0.0710. The Morgan fingerprint density at radius 2 is 1.97 bits per heavy atom. The predicted molar refractivity (Wildman–Crippen MR) is 125 cm³/mol. The zero-order valence-corrected chi connectivity index (χ0v) is 18.6. The van der Waals surface area contributed by atoms with Crippen molar-refractivity contribution in [3.63, 3.8) is 0 Å². The van der Waals surface area contributed by atoms with Gasteiger partial charge in [-0.2, -0.15) is 5.10 Å². The van der Waals surface area contributed by atoms with Gasteiger partial charge < -0.3 is 5.32 Å². The molecule has 0 radical (unpaired) electrons. The molecule has 0 atom stereocenters. The first-order valence-corrected chi connectivity index (χ1v) is 11.5. The number of hydrogen-bond acceptors (Lipinski definition) is 4. The van der Waals surface area contributed by atoms with Gasteiger partial charge in [0.25, 0.3) is 5.91 Å². The Bertz CT molecular complexity index is 1260. The Morgan fingerprint density at radius 3 is 2.71 bits per heavy atom. The zero-order valence-electron chi connectivity index (χ0n) is 17.0. The van der Waals surface area contributed by atoms with E-state index in [1.165, 1.54) is 12.8 Å². The number of nitrogens with zero attached hydrogens (tertiary/aromatic N) is 3. The molecule has 1 fully saturated rings. The van der Waals surface area contributed by atoms with Crippen LogP contribution in [0.3, 0.4) is 0 Å². The van der Waals surface area contributed by atoms with Crippen LogP contribution in [0, 0.1) is 0 Å². The van der Waals surface area contributed by atoms with Crippen molar-refractivity contribution in [2.45, 2.75) is 35.6 Å². The molecule has 1 amide bonds. The lowest BCUT2D eigenvalue weighted by atomic mass is 10.1. The second kappa shape index (κ2) is 8.36. The van der Waals surface area contributed by atoms with Gasteiger partial charge in [0.15, 0.2) is 0 Å². The van der Waals surface area contributed by atoms with Gasteiger partial charge in [-0.25, -0.2) is 4.98 Å². The van der Waals surface area contributed by atoms with Crippen LogP contribution >= 0.6 is 23.4 Å². The molecule has 156 valence electrons. The summed E-state index contributed by atoms with van der Waals surface area (Å²) in [6.45, 7) is 2.51. The fourth-order valence-electron chi connectivity index (χ4n) is 3.44. The average molecular weight is 449 g/mol. The molecular weight excluding hydrogens is 428 g/mol. The summed E-state index contributed by atoms with van der Waals surface area (Å²) in [4.78, 5) is 19.2. The molecule has 1 N–H and O–H groups in total. The molecule has 5 nitrogen and oxygen atoms in total. The molecule has 0 aliphatic heterocycles. The normalized spacial score (nSPS) is 13.5. The highest BCUT2D eigenvalue weighted by molar-refractivity contribution is 7.99. The summed E-state index contributed by atoms with van der Waals surface area (Å²) in [5.74, 6) is -0.0710. The average Bonchev–Trinajstić information content (AvgIpc) is 3.55. The van der Waals surface area contributed by atoms with Crippen molar-refractivity contribution in [2.75, 3.05) is 6.54 Å². The third kappa shape index (κ3) is 4.31. The molecule has 7 heteroatoms. The third-order valence-corrected chi connectivity index (χ3v) is 6.47. The summed E-state index contributed by atoms with van der Waals surface area (Å²) in [7, 11) is 0. The third-order valence-electron chi connectivity index (χ3n) is 5.19. The molecule has 0 unspecified atom stereocenters. The lowest BCUT2D eigenvalue weighted by molar-refractivity contribution is 0.0956. The van der Waals surface area contributed by atoms with Crippen molar-refractivity contribution in [1.82, 2.24) is 20.1 Å². The van der Waals surface area contributed by atoms with Crippen LogP contribution in [-0.4, -0.2) is 27.2 Å². The largest absolute Gasteiger partial charge is 0.352 e. The number of amides is 1. The number of rotatable bonds is 6. The van der Waals surface area contributed by atoms with Gasteiger partial charge in [0.05, 0.1) is 22.1 Å². The molecule has 0 bridgehead atoms. The van der Waals surface area contributed by atoms with E-state index in [-0.39, 0.29) is 5.91 Å². The summed E-state index contributed by atoms with van der Waals surface area (Å²) in [5, 5.41) is 9.37. The first kappa shape index (κ1) is 20.1. The Balaban J connectivity index is 1.51. The van der Waals surface area contributed by atoms with Crippen LogP contribution in [0.25, 0.3) is 22.3 Å². The van der Waals surface area contributed by atoms with Gasteiger partial charge in [-0.05, 0) is 68.3 Å². The van der Waals surface area contributed by atoms with Gasteiger partial charge in [0, 0.05) is 33.6 Å². The summed E-state index contributed by atoms with van der Waals surface area (Å²) in [5.41, 5.74) is 3.19. The predicted octanol–water partition coefficient (Wildman–Crippen LogP) is 5.99. The molecule has 2 aromatic carbocycles. The Hall–Kier alpha value is -2.83. The first-order chi connectivity index (χ1) is 15.1. The summed E-state index contributed by atoms with van der Waals surface area (Å²) in [6.07, 6.45) is 4.45. The number of hydrogen-bond donors (Lipinski definition) is 1. The van der Waals surface area contributed by atoms with Crippen molar-refractivity contribution < 1.29 is 4.79 Å². The molecule has 2 aromatic heterocycles. The van der Waals surface area contributed by atoms with E-state index in [4.69, 9.17) is 21.7 Å². The van der Waals surface area contributed by atoms with E-state index < -0.39 is 0 Å². The number of fused-ring (bicyclic) bond motifs is 1. The number of carbonyl (C=O) groups is 1. The van der Waals surface area contributed by atoms with Crippen LogP contribution in [0.15, 0.2) is 70.6 Å². The van der Waals surface area contributed by atoms with E-state index in [1.807, 2.05) is 61.5 Å². The van der Waals surface area contributed by atoms with Gasteiger partial charge >= 0.3 is 0 Å². The summed E-state index contributed by atoms with van der Waals surface area (Å²) >= 11 is 7.70. The summed E-state index contributed by atoms with van der Waals surface area (Å²) in [6, 6.07) is 17.9. The Labute approximate surface area is 189 Å². The maximum atomic E-state index is 12.1. The quantitative estimate of drug-likeness (QED) is 0.393. The Kier molecular flexibility index (Phi) is 5.42. The van der Waals surface area contributed by atoms with E-state index in [9.17, 15) is 4.79 Å². The van der Waals surface area contributed by atoms with E-state index in [0.717, 1.165) is 37.1 Å².